The Balaban J connectivity index is 0.000000360. The molecule has 3 heteroatoms. The number of benzene rings is 1. The van der Waals surface area contributed by atoms with Crippen LogP contribution in [0.1, 0.15) is 12.5 Å². The van der Waals surface area contributed by atoms with Gasteiger partial charge in [-0.25, -0.2) is 4.79 Å². The van der Waals surface area contributed by atoms with Gasteiger partial charge >= 0.3 is 6.09 Å². The summed E-state index contributed by atoms with van der Waals surface area (Å²) in [5.74, 6) is 0. The molecule has 1 aromatic carbocycles. The maximum atomic E-state index is 10.2. The Bertz CT molecular complexity index is 408. The minimum atomic E-state index is -0.742. The number of hydrogen-bond donors (Lipinski definition) is 1. The van der Waals surface area contributed by atoms with Gasteiger partial charge in [0.1, 0.15) is 6.61 Å². The van der Waals surface area contributed by atoms with Crippen LogP contribution in [0.4, 0.5) is 4.79 Å². The summed E-state index contributed by atoms with van der Waals surface area (Å²) < 4.78 is 4.57. The third-order valence-corrected chi connectivity index (χ3v) is 1.93. The summed E-state index contributed by atoms with van der Waals surface area (Å²) in [6, 6.07) is 9.37. The lowest BCUT2D eigenvalue weighted by molar-refractivity contribution is 0.150. The fourth-order valence-corrected chi connectivity index (χ4v) is 0.983. The molecular formula is C15H19NO2. The number of nitrogens with two attached hydrogens (primary N) is 1. The molecule has 18 heavy (non-hydrogen) atoms. The van der Waals surface area contributed by atoms with Crippen molar-refractivity contribution in [1.82, 2.24) is 0 Å². The van der Waals surface area contributed by atoms with Crippen LogP contribution in [0.3, 0.4) is 0 Å². The van der Waals surface area contributed by atoms with E-state index in [-0.39, 0.29) is 6.61 Å². The first kappa shape index (κ1) is 15.7. The molecule has 0 aliphatic heterocycles. The van der Waals surface area contributed by atoms with Crippen molar-refractivity contribution in [3.05, 3.63) is 72.9 Å². The molecule has 0 heterocycles. The molecule has 0 atom stereocenters. The Morgan fingerprint density at radius 2 is 1.94 bits per heavy atom. The summed E-state index contributed by atoms with van der Waals surface area (Å²) in [5.41, 5.74) is 6.86. The van der Waals surface area contributed by atoms with E-state index in [1.54, 1.807) is 12.2 Å². The zero-order valence-electron chi connectivity index (χ0n) is 10.6. The molecule has 3 nitrogen and oxygen atoms in total. The quantitative estimate of drug-likeness (QED) is 0.824. The molecule has 0 bridgehead atoms. The fourth-order valence-electron chi connectivity index (χ4n) is 0.983. The number of primary amides is 1. The average Bonchev–Trinajstić information content (AvgIpc) is 2.38. The van der Waals surface area contributed by atoms with Crippen molar-refractivity contribution in [3.63, 3.8) is 0 Å². The first-order chi connectivity index (χ1) is 8.60. The van der Waals surface area contributed by atoms with Crippen LogP contribution in [-0.4, -0.2) is 6.09 Å². The van der Waals surface area contributed by atoms with Gasteiger partial charge < -0.3 is 10.5 Å². The van der Waals surface area contributed by atoms with E-state index in [4.69, 9.17) is 5.73 Å². The van der Waals surface area contributed by atoms with Gasteiger partial charge in [0.15, 0.2) is 0 Å². The monoisotopic (exact) mass is 245 g/mol. The van der Waals surface area contributed by atoms with Crippen LogP contribution >= 0.6 is 0 Å². The van der Waals surface area contributed by atoms with Crippen molar-refractivity contribution in [2.24, 2.45) is 5.73 Å². The SMILES string of the molecule is C=C/C=C(/C)C=C.NC(=O)OCc1ccccc1. The molecule has 0 spiro atoms. The Morgan fingerprint density at radius 1 is 1.33 bits per heavy atom. The van der Waals surface area contributed by atoms with Crippen LogP contribution in [0.15, 0.2) is 67.3 Å². The summed E-state index contributed by atoms with van der Waals surface area (Å²) in [6.45, 7) is 9.31. The fraction of sp³-hybridized carbons (Fsp3) is 0.133. The van der Waals surface area contributed by atoms with Crippen molar-refractivity contribution >= 4 is 6.09 Å². The maximum absolute atomic E-state index is 10.2. The van der Waals surface area contributed by atoms with Crippen molar-refractivity contribution in [2.75, 3.05) is 0 Å². The van der Waals surface area contributed by atoms with Gasteiger partial charge in [0.25, 0.3) is 0 Å². The average molecular weight is 245 g/mol. The number of rotatable bonds is 4. The third-order valence-electron chi connectivity index (χ3n) is 1.93. The normalized spacial score (nSPS) is 9.72. The smallest absolute Gasteiger partial charge is 0.404 e. The van der Waals surface area contributed by atoms with E-state index in [0.29, 0.717) is 0 Å². The molecule has 2 N–H and O–H groups in total. The predicted molar refractivity (Wildman–Crippen MR) is 75.0 cm³/mol. The number of amides is 1. The third kappa shape index (κ3) is 8.97. The Kier molecular flexibility index (Phi) is 8.64. The number of carbonyl (C=O) groups is 1. The first-order valence-corrected chi connectivity index (χ1v) is 5.48. The number of carbonyl (C=O) groups excluding carboxylic acids is 1. The van der Waals surface area contributed by atoms with Gasteiger partial charge in [-0.2, -0.15) is 0 Å². The maximum Gasteiger partial charge on any atom is 0.404 e. The minimum Gasteiger partial charge on any atom is -0.445 e. The molecule has 0 radical (unpaired) electrons. The molecule has 0 saturated carbocycles. The van der Waals surface area contributed by atoms with Crippen LogP contribution in [0, 0.1) is 0 Å². The Morgan fingerprint density at radius 3 is 2.33 bits per heavy atom. The zero-order valence-corrected chi connectivity index (χ0v) is 10.6. The number of ether oxygens (including phenoxy) is 1. The van der Waals surface area contributed by atoms with Crippen LogP contribution in [0.25, 0.3) is 0 Å². The van der Waals surface area contributed by atoms with Gasteiger partial charge in [-0.05, 0) is 12.5 Å². The van der Waals surface area contributed by atoms with E-state index in [1.165, 1.54) is 0 Å². The van der Waals surface area contributed by atoms with Crippen molar-refractivity contribution < 1.29 is 9.53 Å². The summed E-state index contributed by atoms with van der Waals surface area (Å²) in [4.78, 5) is 10.2. The molecule has 0 aliphatic carbocycles. The van der Waals surface area contributed by atoms with E-state index in [9.17, 15) is 4.79 Å². The van der Waals surface area contributed by atoms with Crippen LogP contribution in [-0.2, 0) is 11.3 Å². The van der Waals surface area contributed by atoms with E-state index in [1.807, 2.05) is 43.3 Å². The standard InChI is InChI=1S/C8H9NO2.C7H10/c9-8(10)11-6-7-4-2-1-3-5-7;1-4-6-7(3)5-2/h1-5H,6H2,(H2,9,10);4-6H,1-2H2,3H3/b;7-6-. The topological polar surface area (TPSA) is 52.3 Å². The lowest BCUT2D eigenvalue weighted by Gasteiger charge is -1.99. The van der Waals surface area contributed by atoms with Crippen LogP contribution in [0.2, 0.25) is 0 Å². The van der Waals surface area contributed by atoms with E-state index < -0.39 is 6.09 Å². The van der Waals surface area contributed by atoms with Crippen molar-refractivity contribution in [2.45, 2.75) is 13.5 Å². The predicted octanol–water partition coefficient (Wildman–Crippen LogP) is 3.59. The molecule has 0 saturated heterocycles. The minimum absolute atomic E-state index is 0.246. The highest BCUT2D eigenvalue weighted by Gasteiger charge is 1.93. The Hall–Kier alpha value is -2.29. The summed E-state index contributed by atoms with van der Waals surface area (Å²) in [7, 11) is 0. The second-order valence-electron chi connectivity index (χ2n) is 3.44. The lowest BCUT2D eigenvalue weighted by Crippen LogP contribution is -2.12. The summed E-state index contributed by atoms with van der Waals surface area (Å²) in [6.07, 6.45) is 4.71. The van der Waals surface area contributed by atoms with Crippen LogP contribution < -0.4 is 5.73 Å². The first-order valence-electron chi connectivity index (χ1n) is 5.48. The van der Waals surface area contributed by atoms with Gasteiger partial charge in [-0.1, -0.05) is 67.3 Å². The molecule has 0 fully saturated rings. The molecule has 1 amide bonds. The molecule has 1 rings (SSSR count). The summed E-state index contributed by atoms with van der Waals surface area (Å²) in [5, 5.41) is 0. The number of allylic oxidation sites excluding steroid dienone is 4. The molecule has 1 aromatic rings. The van der Waals surface area contributed by atoms with E-state index in [0.717, 1.165) is 11.1 Å². The van der Waals surface area contributed by atoms with E-state index >= 15 is 0 Å². The second kappa shape index (κ2) is 9.90. The van der Waals surface area contributed by atoms with Crippen LogP contribution in [0.5, 0.6) is 0 Å². The van der Waals surface area contributed by atoms with Crippen molar-refractivity contribution in [3.8, 4) is 0 Å². The largest absolute Gasteiger partial charge is 0.445 e. The zero-order chi connectivity index (χ0) is 13.8. The molecule has 0 aromatic heterocycles. The van der Waals surface area contributed by atoms with Gasteiger partial charge in [0.2, 0.25) is 0 Å². The number of hydrogen-bond acceptors (Lipinski definition) is 2. The molecule has 0 aliphatic rings. The van der Waals surface area contributed by atoms with Gasteiger partial charge in [0.05, 0.1) is 0 Å². The highest BCUT2D eigenvalue weighted by atomic mass is 16.5. The highest BCUT2D eigenvalue weighted by molar-refractivity contribution is 5.64. The van der Waals surface area contributed by atoms with Gasteiger partial charge in [0, 0.05) is 0 Å². The van der Waals surface area contributed by atoms with Crippen molar-refractivity contribution in [1.29, 1.82) is 0 Å². The lowest BCUT2D eigenvalue weighted by atomic mass is 10.2. The highest BCUT2D eigenvalue weighted by Crippen LogP contribution is 1.99. The van der Waals surface area contributed by atoms with Gasteiger partial charge in [-0.3, -0.25) is 0 Å². The molecule has 96 valence electrons. The molecular weight excluding hydrogens is 226 g/mol. The summed E-state index contributed by atoms with van der Waals surface area (Å²) >= 11 is 0. The molecule has 0 unspecified atom stereocenters. The Labute approximate surface area is 108 Å². The second-order valence-corrected chi connectivity index (χ2v) is 3.44. The van der Waals surface area contributed by atoms with Gasteiger partial charge in [-0.15, -0.1) is 0 Å². The van der Waals surface area contributed by atoms with E-state index in [2.05, 4.69) is 17.9 Å².